The van der Waals surface area contributed by atoms with E-state index in [1.807, 2.05) is 109 Å². The van der Waals surface area contributed by atoms with Gasteiger partial charge in [0.15, 0.2) is 6.10 Å². The molecular formula is C63H92O6. The molecule has 0 saturated heterocycles. The van der Waals surface area contributed by atoms with E-state index in [-0.39, 0.29) is 44.0 Å². The molecule has 0 saturated carbocycles. The minimum absolute atomic E-state index is 0.126. The summed E-state index contributed by atoms with van der Waals surface area (Å²) in [6.07, 6.45) is 82.9. The van der Waals surface area contributed by atoms with Crippen molar-refractivity contribution >= 4 is 17.9 Å². The molecule has 0 heterocycles. The largest absolute Gasteiger partial charge is 0.462 e. The Labute approximate surface area is 421 Å². The molecule has 0 radical (unpaired) electrons. The summed E-state index contributed by atoms with van der Waals surface area (Å²) in [6, 6.07) is 0. The second-order valence-electron chi connectivity index (χ2n) is 16.6. The Balaban J connectivity index is 4.64. The number of unbranched alkanes of at least 4 members (excludes halogenated alkanes) is 13. The summed E-state index contributed by atoms with van der Waals surface area (Å²) in [7, 11) is 0. The van der Waals surface area contributed by atoms with E-state index < -0.39 is 6.10 Å². The topological polar surface area (TPSA) is 78.9 Å². The SMILES string of the molecule is CC\C=C/C=C\C=C/C=C\C=C\C=C/C=C\CCCCCC(=O)OCC(COC(=O)CCCCCC/C=C\C/C=C\C/C=C\CC)OC(=O)CCCCCCC\C=C/C=C\C=C/C=C\C=C/CCC. The third-order valence-corrected chi connectivity index (χ3v) is 10.2. The van der Waals surface area contributed by atoms with Crippen LogP contribution in [0.25, 0.3) is 0 Å². The molecule has 6 nitrogen and oxygen atoms in total. The summed E-state index contributed by atoms with van der Waals surface area (Å²) >= 11 is 0. The van der Waals surface area contributed by atoms with E-state index in [4.69, 9.17) is 14.2 Å². The lowest BCUT2D eigenvalue weighted by molar-refractivity contribution is -0.167. The van der Waals surface area contributed by atoms with Gasteiger partial charge in [0.05, 0.1) is 0 Å². The maximum absolute atomic E-state index is 12.8. The molecule has 69 heavy (non-hydrogen) atoms. The summed E-state index contributed by atoms with van der Waals surface area (Å²) in [4.78, 5) is 38.1. The van der Waals surface area contributed by atoms with Crippen LogP contribution in [0.4, 0.5) is 0 Å². The minimum Gasteiger partial charge on any atom is -0.462 e. The molecule has 0 N–H and O–H groups in total. The van der Waals surface area contributed by atoms with Crippen molar-refractivity contribution in [1.29, 1.82) is 0 Å². The van der Waals surface area contributed by atoms with Gasteiger partial charge in [-0.15, -0.1) is 0 Å². The minimum atomic E-state index is -0.832. The molecule has 0 aliphatic carbocycles. The molecule has 0 bridgehead atoms. The molecule has 0 rings (SSSR count). The summed E-state index contributed by atoms with van der Waals surface area (Å²) in [5.74, 6) is -1.03. The van der Waals surface area contributed by atoms with Crippen molar-refractivity contribution in [1.82, 2.24) is 0 Å². The van der Waals surface area contributed by atoms with Gasteiger partial charge in [0.1, 0.15) is 13.2 Å². The van der Waals surface area contributed by atoms with E-state index in [2.05, 4.69) is 93.7 Å². The van der Waals surface area contributed by atoms with Crippen LogP contribution in [0.15, 0.2) is 182 Å². The highest BCUT2D eigenvalue weighted by molar-refractivity contribution is 5.71. The number of hydrogen-bond donors (Lipinski definition) is 0. The van der Waals surface area contributed by atoms with Crippen LogP contribution >= 0.6 is 0 Å². The molecule has 0 spiro atoms. The second-order valence-corrected chi connectivity index (χ2v) is 16.6. The van der Waals surface area contributed by atoms with Crippen molar-refractivity contribution in [2.24, 2.45) is 0 Å². The standard InChI is InChI=1S/C63H92O6/c1-4-7-10-13-16-19-22-25-28-30-32-34-35-38-41-44-47-50-53-56-62(65)68-59-60(58-67-61(64)55-52-49-46-43-40-37-27-24-21-18-15-12-9-6-3)69-63(66)57-54-51-48-45-42-39-36-33-31-29-26-23-20-17-14-11-8-5-2/h7,9-14,16-23,25-38,41,60H,4-6,8,15,24,39-40,42-59H2,1-3H3/b10-7-,12-9-,14-11-,16-13-,20-17-,21-18-,22-19-,26-23-,28-25-,31-29-,32-30+,35-34-,36-33-,37-27-,41-38-. The fourth-order valence-electron chi connectivity index (χ4n) is 6.29. The lowest BCUT2D eigenvalue weighted by Gasteiger charge is -2.18. The highest BCUT2D eigenvalue weighted by atomic mass is 16.6. The van der Waals surface area contributed by atoms with Gasteiger partial charge in [-0.1, -0.05) is 248 Å². The summed E-state index contributed by atoms with van der Waals surface area (Å²) in [5, 5.41) is 0. The van der Waals surface area contributed by atoms with Crippen LogP contribution in [-0.2, 0) is 28.6 Å². The maximum Gasteiger partial charge on any atom is 0.306 e. The van der Waals surface area contributed by atoms with Crippen molar-refractivity contribution in [3.05, 3.63) is 182 Å². The van der Waals surface area contributed by atoms with Crippen molar-refractivity contribution in [3.63, 3.8) is 0 Å². The number of hydrogen-bond acceptors (Lipinski definition) is 6. The van der Waals surface area contributed by atoms with Crippen molar-refractivity contribution in [3.8, 4) is 0 Å². The predicted octanol–water partition coefficient (Wildman–Crippen LogP) is 17.7. The number of rotatable bonds is 44. The van der Waals surface area contributed by atoms with Crippen LogP contribution in [0.1, 0.15) is 175 Å². The average Bonchev–Trinajstić information content (AvgIpc) is 3.35. The monoisotopic (exact) mass is 945 g/mol. The predicted molar refractivity (Wildman–Crippen MR) is 297 cm³/mol. The number of allylic oxidation sites excluding steroid dienone is 30. The zero-order valence-electron chi connectivity index (χ0n) is 43.2. The van der Waals surface area contributed by atoms with E-state index in [1.165, 1.54) is 6.42 Å². The Kier molecular flexibility index (Phi) is 50.7. The number of esters is 3. The van der Waals surface area contributed by atoms with E-state index in [0.29, 0.717) is 12.8 Å². The molecule has 1 atom stereocenters. The second kappa shape index (κ2) is 55.1. The van der Waals surface area contributed by atoms with Gasteiger partial charge in [0, 0.05) is 19.3 Å². The van der Waals surface area contributed by atoms with E-state index in [1.54, 1.807) is 0 Å². The summed E-state index contributed by atoms with van der Waals surface area (Å²) in [5.41, 5.74) is 0. The fraction of sp³-hybridized carbons (Fsp3) is 0.476. The number of ether oxygens (including phenoxy) is 3. The third-order valence-electron chi connectivity index (χ3n) is 10.2. The highest BCUT2D eigenvalue weighted by Gasteiger charge is 2.19. The van der Waals surface area contributed by atoms with Gasteiger partial charge in [-0.3, -0.25) is 14.4 Å². The average molecular weight is 945 g/mol. The first kappa shape index (κ1) is 63.5. The molecule has 0 aliphatic rings. The molecule has 1 unspecified atom stereocenters. The molecule has 0 aromatic heterocycles. The fourth-order valence-corrected chi connectivity index (χ4v) is 6.29. The molecular weight excluding hydrogens is 853 g/mol. The van der Waals surface area contributed by atoms with Crippen molar-refractivity contribution < 1.29 is 28.6 Å². The van der Waals surface area contributed by atoms with E-state index >= 15 is 0 Å². The van der Waals surface area contributed by atoms with Crippen LogP contribution in [0, 0.1) is 0 Å². The van der Waals surface area contributed by atoms with Crippen LogP contribution in [0.5, 0.6) is 0 Å². The van der Waals surface area contributed by atoms with Crippen LogP contribution in [-0.4, -0.2) is 37.2 Å². The van der Waals surface area contributed by atoms with E-state index in [0.717, 1.165) is 122 Å². The van der Waals surface area contributed by atoms with Crippen molar-refractivity contribution in [2.75, 3.05) is 13.2 Å². The molecule has 0 fully saturated rings. The van der Waals surface area contributed by atoms with Gasteiger partial charge in [-0.25, -0.2) is 0 Å². The Hall–Kier alpha value is -5.49. The Morgan fingerprint density at radius 2 is 0.638 bits per heavy atom. The van der Waals surface area contributed by atoms with Gasteiger partial charge in [-0.2, -0.15) is 0 Å². The van der Waals surface area contributed by atoms with Gasteiger partial charge < -0.3 is 14.2 Å². The number of carbonyl (C=O) groups excluding carboxylic acids is 3. The van der Waals surface area contributed by atoms with Crippen LogP contribution in [0.2, 0.25) is 0 Å². The Morgan fingerprint density at radius 3 is 1.07 bits per heavy atom. The van der Waals surface area contributed by atoms with Crippen LogP contribution in [0.3, 0.4) is 0 Å². The molecule has 6 heteroatoms. The normalized spacial score (nSPS) is 13.6. The molecule has 380 valence electrons. The molecule has 0 aliphatic heterocycles. The van der Waals surface area contributed by atoms with E-state index in [9.17, 15) is 14.4 Å². The first-order chi connectivity index (χ1) is 34.0. The Morgan fingerprint density at radius 1 is 0.319 bits per heavy atom. The lowest BCUT2D eigenvalue weighted by atomic mass is 10.1. The van der Waals surface area contributed by atoms with Gasteiger partial charge >= 0.3 is 17.9 Å². The zero-order valence-corrected chi connectivity index (χ0v) is 43.2. The zero-order chi connectivity index (χ0) is 50.0. The molecule has 0 aromatic rings. The van der Waals surface area contributed by atoms with Crippen LogP contribution < -0.4 is 0 Å². The quantitative estimate of drug-likeness (QED) is 0.0199. The molecule has 0 aromatic carbocycles. The first-order valence-electron chi connectivity index (χ1n) is 26.5. The summed E-state index contributed by atoms with van der Waals surface area (Å²) in [6.45, 7) is 6.17. The van der Waals surface area contributed by atoms with Crippen molar-refractivity contribution in [2.45, 2.75) is 181 Å². The maximum atomic E-state index is 12.8. The van der Waals surface area contributed by atoms with Gasteiger partial charge in [-0.05, 0) is 89.9 Å². The first-order valence-corrected chi connectivity index (χ1v) is 26.5. The summed E-state index contributed by atoms with van der Waals surface area (Å²) < 4.78 is 16.7. The number of carbonyl (C=O) groups is 3. The van der Waals surface area contributed by atoms with Gasteiger partial charge in [0.2, 0.25) is 0 Å². The highest BCUT2D eigenvalue weighted by Crippen LogP contribution is 2.12. The Bertz CT molecular complexity index is 1700. The smallest absolute Gasteiger partial charge is 0.306 e. The third kappa shape index (κ3) is 53.3. The lowest BCUT2D eigenvalue weighted by Crippen LogP contribution is -2.30. The van der Waals surface area contributed by atoms with Gasteiger partial charge in [0.25, 0.3) is 0 Å². The molecule has 0 amide bonds.